The van der Waals surface area contributed by atoms with Gasteiger partial charge in [0.2, 0.25) is 0 Å². The molecule has 194 valence electrons. The molecule has 0 unspecified atom stereocenters. The Hall–Kier alpha value is -4.48. The molecule has 0 saturated heterocycles. The number of aromatic nitrogens is 7. The van der Waals surface area contributed by atoms with Gasteiger partial charge in [-0.1, -0.05) is 35.3 Å². The molecule has 5 heterocycles. The lowest BCUT2D eigenvalue weighted by Gasteiger charge is -2.25. The van der Waals surface area contributed by atoms with Gasteiger partial charge in [0.25, 0.3) is 11.8 Å². The molecule has 0 bridgehead atoms. The molecule has 2 amide bonds. The molecule has 1 atom stereocenters. The fourth-order valence-corrected chi connectivity index (χ4v) is 5.20. The van der Waals surface area contributed by atoms with Crippen LogP contribution >= 0.6 is 23.2 Å². The largest absolute Gasteiger partial charge is 0.299 e. The van der Waals surface area contributed by atoms with E-state index in [0.717, 1.165) is 0 Å². The van der Waals surface area contributed by atoms with Gasteiger partial charge in [-0.05, 0) is 30.7 Å². The van der Waals surface area contributed by atoms with Crippen molar-refractivity contribution in [1.29, 1.82) is 0 Å². The summed E-state index contributed by atoms with van der Waals surface area (Å²) in [6, 6.07) is 9.09. The molecule has 0 radical (unpaired) electrons. The SMILES string of the molecule is C[C@@H](c1c(CC(=O)Cc2cnc(-n3nccn3)c(Cl)c2)cnc2cc(Cl)nn12)N1C(=O)c2ccccc2C1=O. The number of Topliss-reactive ketones (excluding diaryl/α,β-unsaturated/α-hetero) is 1. The molecule has 0 fully saturated rings. The van der Waals surface area contributed by atoms with E-state index >= 15 is 0 Å². The van der Waals surface area contributed by atoms with E-state index in [2.05, 4.69) is 25.3 Å². The van der Waals surface area contributed by atoms with Crippen LogP contribution in [0.2, 0.25) is 10.2 Å². The first-order chi connectivity index (χ1) is 18.8. The zero-order valence-electron chi connectivity index (χ0n) is 20.3. The van der Waals surface area contributed by atoms with Crippen LogP contribution < -0.4 is 0 Å². The van der Waals surface area contributed by atoms with Crippen molar-refractivity contribution >= 4 is 46.4 Å². The highest BCUT2D eigenvalue weighted by molar-refractivity contribution is 6.32. The number of hydrogen-bond donors (Lipinski definition) is 0. The molecule has 5 aromatic rings. The van der Waals surface area contributed by atoms with E-state index in [1.54, 1.807) is 55.7 Å². The standard InChI is InChI=1S/C26H18Cl2N8O3/c1-14(34-25(38)18-4-2-3-5-19(18)26(34)39)23-16(13-29-22-11-21(28)33-35(22)23)10-17(37)8-15-9-20(27)24(30-12-15)36-31-6-7-32-36/h2-7,9,11-14H,8,10H2,1H3/t14-/m0/s1. The normalized spacial score (nSPS) is 13.8. The van der Waals surface area contributed by atoms with Crippen LogP contribution in [-0.4, -0.2) is 57.1 Å². The van der Waals surface area contributed by atoms with E-state index in [-0.39, 0.29) is 23.8 Å². The summed E-state index contributed by atoms with van der Waals surface area (Å²) in [4.78, 5) is 50.8. The van der Waals surface area contributed by atoms with E-state index in [4.69, 9.17) is 23.2 Å². The number of hydrogen-bond acceptors (Lipinski definition) is 8. The van der Waals surface area contributed by atoms with Gasteiger partial charge in [0.05, 0.1) is 40.3 Å². The molecule has 1 aliphatic rings. The maximum absolute atomic E-state index is 13.2. The second kappa shape index (κ2) is 9.68. The number of nitrogens with zero attached hydrogens (tertiary/aromatic N) is 8. The minimum absolute atomic E-state index is 0.0383. The van der Waals surface area contributed by atoms with Gasteiger partial charge < -0.3 is 0 Å². The summed E-state index contributed by atoms with van der Waals surface area (Å²) in [5.41, 5.74) is 2.65. The van der Waals surface area contributed by atoms with Gasteiger partial charge in [0.15, 0.2) is 16.6 Å². The zero-order chi connectivity index (χ0) is 27.3. The third-order valence-electron chi connectivity index (χ3n) is 6.45. The highest BCUT2D eigenvalue weighted by atomic mass is 35.5. The van der Waals surface area contributed by atoms with Crippen LogP contribution in [0.25, 0.3) is 11.5 Å². The lowest BCUT2D eigenvalue weighted by Crippen LogP contribution is -2.34. The Bertz CT molecular complexity index is 1750. The summed E-state index contributed by atoms with van der Waals surface area (Å²) >= 11 is 12.5. The third-order valence-corrected chi connectivity index (χ3v) is 6.92. The maximum Gasteiger partial charge on any atom is 0.262 e. The van der Waals surface area contributed by atoms with Gasteiger partial charge in [-0.25, -0.2) is 14.5 Å². The van der Waals surface area contributed by atoms with Crippen molar-refractivity contribution in [1.82, 2.24) is 39.5 Å². The minimum Gasteiger partial charge on any atom is -0.299 e. The molecule has 0 spiro atoms. The molecular formula is C26H18Cl2N8O3. The number of amides is 2. The van der Waals surface area contributed by atoms with Crippen LogP contribution in [0.15, 0.2) is 61.2 Å². The van der Waals surface area contributed by atoms with Crippen molar-refractivity contribution in [3.8, 4) is 5.82 Å². The van der Waals surface area contributed by atoms with Crippen LogP contribution in [0.5, 0.6) is 0 Å². The Morgan fingerprint density at radius 1 is 0.949 bits per heavy atom. The van der Waals surface area contributed by atoms with Gasteiger partial charge in [0, 0.05) is 36.9 Å². The van der Waals surface area contributed by atoms with E-state index < -0.39 is 17.9 Å². The molecule has 13 heteroatoms. The molecule has 11 nitrogen and oxygen atoms in total. The number of imide groups is 1. The van der Waals surface area contributed by atoms with Crippen molar-refractivity contribution < 1.29 is 14.4 Å². The smallest absolute Gasteiger partial charge is 0.262 e. The third kappa shape index (κ3) is 4.35. The molecule has 1 aromatic carbocycles. The highest BCUT2D eigenvalue weighted by Gasteiger charge is 2.40. The Morgan fingerprint density at radius 3 is 2.31 bits per heavy atom. The summed E-state index contributed by atoms with van der Waals surface area (Å²) in [5.74, 6) is -0.652. The van der Waals surface area contributed by atoms with Crippen molar-refractivity contribution in [2.75, 3.05) is 0 Å². The number of carbonyl (C=O) groups is 3. The number of benzene rings is 1. The van der Waals surface area contributed by atoms with E-state index in [0.29, 0.717) is 44.4 Å². The maximum atomic E-state index is 13.2. The second-order valence-electron chi connectivity index (χ2n) is 8.97. The number of ketones is 1. The second-order valence-corrected chi connectivity index (χ2v) is 9.76. The van der Waals surface area contributed by atoms with Gasteiger partial charge in [-0.3, -0.25) is 19.3 Å². The van der Waals surface area contributed by atoms with Crippen LogP contribution in [-0.2, 0) is 17.6 Å². The lowest BCUT2D eigenvalue weighted by molar-refractivity contribution is -0.117. The summed E-state index contributed by atoms with van der Waals surface area (Å²) in [6.07, 6.45) is 6.11. The van der Waals surface area contributed by atoms with Crippen molar-refractivity contribution in [3.63, 3.8) is 0 Å². The fourth-order valence-electron chi connectivity index (χ4n) is 4.76. The number of carbonyl (C=O) groups excluding carboxylic acids is 3. The molecule has 0 saturated carbocycles. The van der Waals surface area contributed by atoms with Gasteiger partial charge in [0.1, 0.15) is 5.78 Å². The van der Waals surface area contributed by atoms with E-state index in [9.17, 15) is 14.4 Å². The van der Waals surface area contributed by atoms with Crippen molar-refractivity contribution in [2.45, 2.75) is 25.8 Å². The van der Waals surface area contributed by atoms with Crippen LogP contribution in [0.1, 0.15) is 50.5 Å². The Balaban J connectivity index is 1.31. The Morgan fingerprint density at radius 2 is 1.64 bits per heavy atom. The summed E-state index contributed by atoms with van der Waals surface area (Å²) in [7, 11) is 0. The number of fused-ring (bicyclic) bond motifs is 2. The summed E-state index contributed by atoms with van der Waals surface area (Å²) < 4.78 is 1.48. The molecule has 0 N–H and O–H groups in total. The predicted molar refractivity (Wildman–Crippen MR) is 140 cm³/mol. The molecule has 0 aliphatic carbocycles. The molecular weight excluding hydrogens is 543 g/mol. The minimum atomic E-state index is -0.765. The molecule has 39 heavy (non-hydrogen) atoms. The molecule has 4 aromatic heterocycles. The Labute approximate surface area is 231 Å². The average molecular weight is 561 g/mol. The van der Waals surface area contributed by atoms with Gasteiger partial charge in [-0.15, -0.1) is 4.80 Å². The summed E-state index contributed by atoms with van der Waals surface area (Å²) in [5, 5.41) is 12.8. The van der Waals surface area contributed by atoms with Crippen molar-refractivity contribution in [3.05, 3.63) is 99.3 Å². The number of pyridine rings is 1. The average Bonchev–Trinajstić information content (AvgIpc) is 3.62. The number of halogens is 2. The molecule has 6 rings (SSSR count). The molecule has 1 aliphatic heterocycles. The topological polar surface area (TPSA) is 128 Å². The van der Waals surface area contributed by atoms with Gasteiger partial charge in [-0.2, -0.15) is 15.3 Å². The zero-order valence-corrected chi connectivity index (χ0v) is 21.8. The summed E-state index contributed by atoms with van der Waals surface area (Å²) in [6.45, 7) is 1.71. The van der Waals surface area contributed by atoms with Crippen LogP contribution in [0.3, 0.4) is 0 Å². The first kappa shape index (κ1) is 24.8. The highest BCUT2D eigenvalue weighted by Crippen LogP contribution is 2.33. The monoisotopic (exact) mass is 560 g/mol. The van der Waals surface area contributed by atoms with E-state index in [1.165, 1.54) is 26.6 Å². The van der Waals surface area contributed by atoms with Crippen LogP contribution in [0, 0.1) is 0 Å². The quantitative estimate of drug-likeness (QED) is 0.275. The number of rotatable bonds is 7. The predicted octanol–water partition coefficient (Wildman–Crippen LogP) is 3.72. The fraction of sp³-hybridized carbons (Fsp3) is 0.154. The lowest BCUT2D eigenvalue weighted by atomic mass is 10.0. The Kier molecular flexibility index (Phi) is 6.16. The first-order valence-electron chi connectivity index (χ1n) is 11.8. The van der Waals surface area contributed by atoms with Crippen molar-refractivity contribution in [2.24, 2.45) is 0 Å². The van der Waals surface area contributed by atoms with Crippen LogP contribution in [0.4, 0.5) is 0 Å². The van der Waals surface area contributed by atoms with E-state index in [1.807, 2.05) is 0 Å². The first-order valence-corrected chi connectivity index (χ1v) is 12.6. The van der Waals surface area contributed by atoms with Gasteiger partial charge >= 0.3 is 0 Å².